The highest BCUT2D eigenvalue weighted by Gasteiger charge is 2.12. The van der Waals surface area contributed by atoms with E-state index in [-0.39, 0.29) is 11.4 Å². The minimum atomic E-state index is -0.462. The molecular weight excluding hydrogens is 252 g/mol. The van der Waals surface area contributed by atoms with Crippen LogP contribution in [0, 0.1) is 17.0 Å². The van der Waals surface area contributed by atoms with Crippen molar-refractivity contribution in [1.29, 1.82) is 0 Å². The van der Waals surface area contributed by atoms with Crippen LogP contribution in [0.25, 0.3) is 0 Å². The number of pyridine rings is 1. The number of hydrogen-bond acceptors (Lipinski definition) is 5. The Bertz CT molecular complexity index is 602. The van der Waals surface area contributed by atoms with Crippen molar-refractivity contribution in [3.05, 3.63) is 52.2 Å². The van der Waals surface area contributed by atoms with Gasteiger partial charge in [-0.25, -0.2) is 4.98 Å². The van der Waals surface area contributed by atoms with Crippen LogP contribution in [-0.2, 0) is 0 Å². The van der Waals surface area contributed by atoms with Crippen molar-refractivity contribution in [2.45, 2.75) is 16.8 Å². The predicted molar refractivity (Wildman–Crippen MR) is 67.9 cm³/mol. The predicted octanol–water partition coefficient (Wildman–Crippen LogP) is 3.16. The maximum atomic E-state index is 10.7. The molecule has 2 rings (SSSR count). The molecule has 2 aromatic rings. The first-order chi connectivity index (χ1) is 8.58. The Morgan fingerprint density at radius 1 is 1.39 bits per heavy atom. The molecule has 1 heterocycles. The molecule has 0 aliphatic rings. The Balaban J connectivity index is 2.29. The van der Waals surface area contributed by atoms with Crippen molar-refractivity contribution in [3.63, 3.8) is 0 Å². The van der Waals surface area contributed by atoms with Crippen molar-refractivity contribution < 1.29 is 10.0 Å². The van der Waals surface area contributed by atoms with Gasteiger partial charge in [-0.3, -0.25) is 10.1 Å². The Morgan fingerprint density at radius 3 is 2.72 bits per heavy atom. The molecule has 0 bridgehead atoms. The lowest BCUT2D eigenvalue weighted by molar-refractivity contribution is -0.385. The van der Waals surface area contributed by atoms with Gasteiger partial charge in [0.15, 0.2) is 0 Å². The molecule has 1 aromatic heterocycles. The Kier molecular flexibility index (Phi) is 3.47. The molecule has 0 saturated carbocycles. The van der Waals surface area contributed by atoms with Gasteiger partial charge in [-0.05, 0) is 25.1 Å². The topological polar surface area (TPSA) is 76.3 Å². The molecule has 0 spiro atoms. The summed E-state index contributed by atoms with van der Waals surface area (Å²) in [7, 11) is 0. The van der Waals surface area contributed by atoms with Crippen molar-refractivity contribution in [2.75, 3.05) is 0 Å². The fraction of sp³-hybridized carbons (Fsp3) is 0.0833. The molecule has 92 valence electrons. The van der Waals surface area contributed by atoms with E-state index in [2.05, 4.69) is 4.98 Å². The zero-order chi connectivity index (χ0) is 13.1. The maximum absolute atomic E-state index is 10.7. The van der Waals surface area contributed by atoms with Crippen LogP contribution in [-0.4, -0.2) is 15.0 Å². The zero-order valence-corrected chi connectivity index (χ0v) is 10.3. The first kappa shape index (κ1) is 12.4. The lowest BCUT2D eigenvalue weighted by Gasteiger charge is -2.04. The molecule has 18 heavy (non-hydrogen) atoms. The highest BCUT2D eigenvalue weighted by atomic mass is 32.2. The first-order valence-electron chi connectivity index (χ1n) is 5.15. The van der Waals surface area contributed by atoms with E-state index in [9.17, 15) is 15.2 Å². The van der Waals surface area contributed by atoms with E-state index in [1.54, 1.807) is 37.3 Å². The number of aryl methyl sites for hydroxylation is 1. The fourth-order valence-electron chi connectivity index (χ4n) is 1.43. The minimum absolute atomic E-state index is 0.00312. The summed E-state index contributed by atoms with van der Waals surface area (Å²) in [6, 6.07) is 8.52. The van der Waals surface area contributed by atoms with Gasteiger partial charge in [0.05, 0.1) is 9.82 Å². The summed E-state index contributed by atoms with van der Waals surface area (Å²) in [6.07, 6.45) is 1.23. The highest BCUT2D eigenvalue weighted by Crippen LogP contribution is 2.34. The normalized spacial score (nSPS) is 10.3. The van der Waals surface area contributed by atoms with Gasteiger partial charge in [-0.15, -0.1) is 0 Å². The van der Waals surface area contributed by atoms with Crippen LogP contribution in [0.2, 0.25) is 0 Å². The quantitative estimate of drug-likeness (QED) is 0.679. The molecule has 0 atom stereocenters. The number of phenolic OH excluding ortho intramolecular Hbond substituents is 1. The van der Waals surface area contributed by atoms with Crippen LogP contribution in [0.5, 0.6) is 5.75 Å². The van der Waals surface area contributed by atoms with Crippen molar-refractivity contribution in [1.82, 2.24) is 4.98 Å². The van der Waals surface area contributed by atoms with Crippen LogP contribution >= 0.6 is 11.8 Å². The monoisotopic (exact) mass is 262 g/mol. The fourth-order valence-corrected chi connectivity index (χ4v) is 2.31. The van der Waals surface area contributed by atoms with Gasteiger partial charge >= 0.3 is 0 Å². The van der Waals surface area contributed by atoms with Crippen molar-refractivity contribution in [2.24, 2.45) is 0 Å². The molecular formula is C12H10N2O3S. The number of para-hydroxylation sites is 1. The second-order valence-corrected chi connectivity index (χ2v) is 4.70. The van der Waals surface area contributed by atoms with Crippen molar-refractivity contribution >= 4 is 17.4 Å². The number of aromatic nitrogens is 1. The summed E-state index contributed by atoms with van der Waals surface area (Å²) < 4.78 is 0. The summed E-state index contributed by atoms with van der Waals surface area (Å²) in [4.78, 5) is 14.9. The Hall–Kier alpha value is -2.08. The van der Waals surface area contributed by atoms with E-state index in [4.69, 9.17) is 0 Å². The second-order valence-electron chi connectivity index (χ2n) is 3.64. The zero-order valence-electron chi connectivity index (χ0n) is 9.53. The standard InChI is InChI=1S/C12H10N2O3S/c1-8-6-12(13-7-9(8)14(16)17)18-11-5-3-2-4-10(11)15/h2-7,15H,1H3. The number of benzene rings is 1. The molecule has 0 aliphatic heterocycles. The van der Waals surface area contributed by atoms with Gasteiger partial charge in [0.2, 0.25) is 0 Å². The van der Waals surface area contributed by atoms with Crippen molar-refractivity contribution in [3.8, 4) is 5.75 Å². The number of nitrogens with zero attached hydrogens (tertiary/aromatic N) is 2. The third-order valence-electron chi connectivity index (χ3n) is 2.33. The maximum Gasteiger partial charge on any atom is 0.290 e. The van der Waals surface area contributed by atoms with Gasteiger partial charge in [-0.1, -0.05) is 23.9 Å². The first-order valence-corrected chi connectivity index (χ1v) is 5.96. The number of nitro groups is 1. The van der Waals surface area contributed by atoms with Gasteiger partial charge in [-0.2, -0.15) is 0 Å². The second kappa shape index (κ2) is 5.05. The Labute approximate surface area is 108 Å². The molecule has 0 amide bonds. The third kappa shape index (κ3) is 2.60. The van der Waals surface area contributed by atoms with E-state index in [0.717, 1.165) is 0 Å². The van der Waals surface area contributed by atoms with Gasteiger partial charge < -0.3 is 5.11 Å². The smallest absolute Gasteiger partial charge is 0.290 e. The highest BCUT2D eigenvalue weighted by molar-refractivity contribution is 7.99. The Morgan fingerprint density at radius 2 is 2.11 bits per heavy atom. The lowest BCUT2D eigenvalue weighted by atomic mass is 10.3. The molecule has 0 aliphatic carbocycles. The van der Waals surface area contributed by atoms with Crippen LogP contribution in [0.3, 0.4) is 0 Å². The number of phenols is 1. The third-order valence-corrected chi connectivity index (χ3v) is 3.33. The number of hydrogen-bond donors (Lipinski definition) is 1. The molecule has 5 nitrogen and oxygen atoms in total. The van der Waals surface area contributed by atoms with Crippen LogP contribution < -0.4 is 0 Å². The van der Waals surface area contributed by atoms with E-state index in [0.29, 0.717) is 15.5 Å². The van der Waals surface area contributed by atoms with Crippen LogP contribution in [0.1, 0.15) is 5.56 Å². The van der Waals surface area contributed by atoms with E-state index < -0.39 is 4.92 Å². The number of aromatic hydroxyl groups is 1. The van der Waals surface area contributed by atoms with Gasteiger partial charge in [0.1, 0.15) is 17.0 Å². The van der Waals surface area contributed by atoms with Crippen LogP contribution in [0.15, 0.2) is 46.5 Å². The molecule has 1 aromatic carbocycles. The van der Waals surface area contributed by atoms with Gasteiger partial charge in [0.25, 0.3) is 5.69 Å². The summed E-state index contributed by atoms with van der Waals surface area (Å²) in [6.45, 7) is 1.66. The van der Waals surface area contributed by atoms with E-state index in [1.165, 1.54) is 18.0 Å². The summed E-state index contributed by atoms with van der Waals surface area (Å²) in [5, 5.41) is 20.9. The largest absolute Gasteiger partial charge is 0.507 e. The molecule has 1 N–H and O–H groups in total. The lowest BCUT2D eigenvalue weighted by Crippen LogP contribution is -1.93. The summed E-state index contributed by atoms with van der Waals surface area (Å²) in [5.41, 5.74) is 0.546. The minimum Gasteiger partial charge on any atom is -0.507 e. The molecule has 0 saturated heterocycles. The average Bonchev–Trinajstić information content (AvgIpc) is 2.32. The molecule has 6 heteroatoms. The van der Waals surface area contributed by atoms with E-state index >= 15 is 0 Å². The number of rotatable bonds is 3. The van der Waals surface area contributed by atoms with Crippen LogP contribution in [0.4, 0.5) is 5.69 Å². The molecule has 0 unspecified atom stereocenters. The van der Waals surface area contributed by atoms with Gasteiger partial charge in [0, 0.05) is 5.56 Å². The SMILES string of the molecule is Cc1cc(Sc2ccccc2O)ncc1[N+](=O)[O-]. The summed E-state index contributed by atoms with van der Waals surface area (Å²) >= 11 is 1.27. The average molecular weight is 262 g/mol. The molecule has 0 radical (unpaired) electrons. The summed E-state index contributed by atoms with van der Waals surface area (Å²) in [5.74, 6) is 0.167. The molecule has 0 fully saturated rings. The van der Waals surface area contributed by atoms with E-state index in [1.807, 2.05) is 0 Å².